The van der Waals surface area contributed by atoms with Crippen molar-refractivity contribution in [1.29, 1.82) is 0 Å². The Labute approximate surface area is 136 Å². The van der Waals surface area contributed by atoms with Gasteiger partial charge in [-0.2, -0.15) is 13.2 Å². The van der Waals surface area contributed by atoms with Crippen molar-refractivity contribution < 1.29 is 37.3 Å². The average Bonchev–Trinajstić information content (AvgIpc) is 2.50. The monoisotopic (exact) mass is 349 g/mol. The van der Waals surface area contributed by atoms with Gasteiger partial charge in [0, 0.05) is 13.5 Å². The van der Waals surface area contributed by atoms with Crippen molar-refractivity contribution >= 4 is 11.9 Å². The van der Waals surface area contributed by atoms with Crippen molar-refractivity contribution in [1.82, 2.24) is 5.32 Å². The molecule has 0 fully saturated rings. The summed E-state index contributed by atoms with van der Waals surface area (Å²) < 4.78 is 47.7. The molecule has 1 aromatic rings. The number of rotatable bonds is 9. The van der Waals surface area contributed by atoms with Crippen molar-refractivity contribution in [2.75, 3.05) is 26.9 Å². The highest BCUT2D eigenvalue weighted by Crippen LogP contribution is 2.29. The van der Waals surface area contributed by atoms with E-state index in [1.807, 2.05) is 0 Å². The smallest absolute Gasteiger partial charge is 0.416 e. The van der Waals surface area contributed by atoms with E-state index in [1.54, 1.807) is 0 Å². The highest BCUT2D eigenvalue weighted by Gasteiger charge is 2.31. The fourth-order valence-corrected chi connectivity index (χ4v) is 1.85. The van der Waals surface area contributed by atoms with E-state index < -0.39 is 29.7 Å². The molecular formula is C15H18F3NO5. The van der Waals surface area contributed by atoms with Gasteiger partial charge < -0.3 is 19.9 Å². The summed E-state index contributed by atoms with van der Waals surface area (Å²) in [5.41, 5.74) is -0.726. The first-order chi connectivity index (χ1) is 11.2. The van der Waals surface area contributed by atoms with E-state index in [2.05, 4.69) is 5.32 Å². The number of carboxylic acids is 1. The first kappa shape index (κ1) is 19.9. The maximum Gasteiger partial charge on any atom is 0.416 e. The molecule has 0 aliphatic rings. The SMILES string of the molecule is COCCOCC(=O)N[C@H](Cc1cccc(C(F)(F)F)c1)C(=O)O. The van der Waals surface area contributed by atoms with E-state index in [0.29, 0.717) is 0 Å². The molecule has 0 aliphatic heterocycles. The summed E-state index contributed by atoms with van der Waals surface area (Å²) in [6.07, 6.45) is -4.80. The largest absolute Gasteiger partial charge is 0.480 e. The van der Waals surface area contributed by atoms with Gasteiger partial charge in [0.1, 0.15) is 12.6 Å². The summed E-state index contributed by atoms with van der Waals surface area (Å²) in [6.45, 7) is 0.0743. The maximum absolute atomic E-state index is 12.7. The number of hydrogen-bond acceptors (Lipinski definition) is 4. The Hall–Kier alpha value is -2.13. The van der Waals surface area contributed by atoms with Crippen LogP contribution in [0.1, 0.15) is 11.1 Å². The fraction of sp³-hybridized carbons (Fsp3) is 0.467. The average molecular weight is 349 g/mol. The molecule has 1 amide bonds. The second-order valence-electron chi connectivity index (χ2n) is 4.91. The molecule has 9 heteroatoms. The fourth-order valence-electron chi connectivity index (χ4n) is 1.85. The molecule has 0 aromatic heterocycles. The minimum absolute atomic E-state index is 0.151. The van der Waals surface area contributed by atoms with Crippen LogP contribution >= 0.6 is 0 Å². The van der Waals surface area contributed by atoms with Crippen LogP contribution in [-0.2, 0) is 31.7 Å². The van der Waals surface area contributed by atoms with Gasteiger partial charge in [-0.25, -0.2) is 4.79 Å². The van der Waals surface area contributed by atoms with Gasteiger partial charge in [-0.05, 0) is 11.6 Å². The first-order valence-corrected chi connectivity index (χ1v) is 6.99. The first-order valence-electron chi connectivity index (χ1n) is 6.99. The Balaban J connectivity index is 2.67. The predicted octanol–water partition coefficient (Wildman–Crippen LogP) is 1.48. The number of ether oxygens (including phenoxy) is 2. The molecule has 0 aliphatic carbocycles. The number of nitrogens with one attached hydrogen (secondary N) is 1. The van der Waals surface area contributed by atoms with Crippen LogP contribution in [0.3, 0.4) is 0 Å². The van der Waals surface area contributed by atoms with Gasteiger partial charge in [0.25, 0.3) is 0 Å². The molecule has 6 nitrogen and oxygen atoms in total. The predicted molar refractivity (Wildman–Crippen MR) is 77.4 cm³/mol. The summed E-state index contributed by atoms with van der Waals surface area (Å²) in [5, 5.41) is 11.3. The molecule has 0 bridgehead atoms. The number of methoxy groups -OCH3 is 1. The van der Waals surface area contributed by atoms with Crippen LogP contribution in [-0.4, -0.2) is 50.0 Å². The van der Waals surface area contributed by atoms with Gasteiger partial charge >= 0.3 is 12.1 Å². The van der Waals surface area contributed by atoms with Crippen LogP contribution < -0.4 is 5.32 Å². The van der Waals surface area contributed by atoms with Gasteiger partial charge in [0.15, 0.2) is 0 Å². The number of alkyl halides is 3. The zero-order chi connectivity index (χ0) is 18.2. The standard InChI is InChI=1S/C15H18F3NO5/c1-23-5-6-24-9-13(20)19-12(14(21)22)8-10-3-2-4-11(7-10)15(16,17)18/h2-4,7,12H,5-6,8-9H2,1H3,(H,19,20)(H,21,22)/t12-/m1/s1. The van der Waals surface area contributed by atoms with E-state index in [4.69, 9.17) is 14.6 Å². The van der Waals surface area contributed by atoms with Crippen molar-refractivity contribution in [2.45, 2.75) is 18.6 Å². The van der Waals surface area contributed by atoms with E-state index in [-0.39, 0.29) is 31.8 Å². The van der Waals surface area contributed by atoms with Crippen LogP contribution in [0.2, 0.25) is 0 Å². The minimum Gasteiger partial charge on any atom is -0.480 e. The summed E-state index contributed by atoms with van der Waals surface area (Å²) in [4.78, 5) is 22.8. The molecule has 0 spiro atoms. The lowest BCUT2D eigenvalue weighted by atomic mass is 10.0. The van der Waals surface area contributed by atoms with E-state index in [1.165, 1.54) is 19.2 Å². The number of carbonyl (C=O) groups excluding carboxylic acids is 1. The molecular weight excluding hydrogens is 331 g/mol. The van der Waals surface area contributed by atoms with Gasteiger partial charge in [-0.3, -0.25) is 4.79 Å². The van der Waals surface area contributed by atoms with E-state index >= 15 is 0 Å². The zero-order valence-corrected chi connectivity index (χ0v) is 12.9. The zero-order valence-electron chi connectivity index (χ0n) is 12.9. The summed E-state index contributed by atoms with van der Waals surface area (Å²) in [6, 6.07) is 2.95. The number of hydrogen-bond donors (Lipinski definition) is 2. The minimum atomic E-state index is -4.52. The van der Waals surface area contributed by atoms with Crippen molar-refractivity contribution in [2.24, 2.45) is 0 Å². The molecule has 0 unspecified atom stereocenters. The summed E-state index contributed by atoms with van der Waals surface area (Å²) in [7, 11) is 1.46. The Morgan fingerprint density at radius 1 is 1.29 bits per heavy atom. The molecule has 134 valence electrons. The van der Waals surface area contributed by atoms with Gasteiger partial charge in [-0.15, -0.1) is 0 Å². The number of carbonyl (C=O) groups is 2. The van der Waals surface area contributed by atoms with Crippen molar-refractivity contribution in [3.05, 3.63) is 35.4 Å². The third-order valence-electron chi connectivity index (χ3n) is 2.99. The number of benzene rings is 1. The van der Waals surface area contributed by atoms with Crippen LogP contribution in [0.5, 0.6) is 0 Å². The third-order valence-corrected chi connectivity index (χ3v) is 2.99. The molecule has 1 aromatic carbocycles. The lowest BCUT2D eigenvalue weighted by Crippen LogP contribution is -2.44. The Morgan fingerprint density at radius 2 is 2.00 bits per heavy atom. The molecule has 2 N–H and O–H groups in total. The topological polar surface area (TPSA) is 84.9 Å². The molecule has 0 heterocycles. The van der Waals surface area contributed by atoms with Crippen LogP contribution in [0.25, 0.3) is 0 Å². The second-order valence-corrected chi connectivity index (χ2v) is 4.91. The van der Waals surface area contributed by atoms with E-state index in [0.717, 1.165) is 12.1 Å². The molecule has 1 rings (SSSR count). The van der Waals surface area contributed by atoms with Crippen molar-refractivity contribution in [3.63, 3.8) is 0 Å². The number of aliphatic carboxylic acids is 1. The van der Waals surface area contributed by atoms with Gasteiger partial charge in [0.2, 0.25) is 5.91 Å². The normalized spacial score (nSPS) is 12.7. The molecule has 24 heavy (non-hydrogen) atoms. The number of carboxylic acid groups (broad SMARTS) is 1. The summed E-state index contributed by atoms with van der Waals surface area (Å²) >= 11 is 0. The highest BCUT2D eigenvalue weighted by molar-refractivity contribution is 5.84. The maximum atomic E-state index is 12.7. The van der Waals surface area contributed by atoms with Crippen LogP contribution in [0.15, 0.2) is 24.3 Å². The van der Waals surface area contributed by atoms with Crippen LogP contribution in [0.4, 0.5) is 13.2 Å². The van der Waals surface area contributed by atoms with Gasteiger partial charge in [0.05, 0.1) is 18.8 Å². The Kier molecular flexibility index (Phi) is 7.66. The Bertz CT molecular complexity index is 562. The van der Waals surface area contributed by atoms with Gasteiger partial charge in [-0.1, -0.05) is 18.2 Å². The quantitative estimate of drug-likeness (QED) is 0.660. The lowest BCUT2D eigenvalue weighted by Gasteiger charge is -2.16. The molecule has 0 saturated carbocycles. The molecule has 1 atom stereocenters. The third kappa shape index (κ3) is 6.97. The number of halogens is 3. The van der Waals surface area contributed by atoms with E-state index in [9.17, 15) is 22.8 Å². The molecule has 0 saturated heterocycles. The van der Waals surface area contributed by atoms with Crippen LogP contribution in [0, 0.1) is 0 Å². The molecule has 0 radical (unpaired) electrons. The number of amides is 1. The Morgan fingerprint density at radius 3 is 2.58 bits per heavy atom. The summed E-state index contributed by atoms with van der Waals surface area (Å²) in [5.74, 6) is -2.02. The van der Waals surface area contributed by atoms with Crippen molar-refractivity contribution in [3.8, 4) is 0 Å². The highest BCUT2D eigenvalue weighted by atomic mass is 19.4. The lowest BCUT2D eigenvalue weighted by molar-refractivity contribution is -0.142. The second kappa shape index (κ2) is 9.24.